The van der Waals surface area contributed by atoms with Gasteiger partial charge < -0.3 is 18.8 Å². The van der Waals surface area contributed by atoms with Crippen molar-refractivity contribution in [3.8, 4) is 5.75 Å². The van der Waals surface area contributed by atoms with Crippen molar-refractivity contribution >= 4 is 25.7 Å². The van der Waals surface area contributed by atoms with E-state index in [9.17, 15) is 0 Å². The SMILES string of the molecule is COc1c(Cl)nc(CCO[Si](C)(C)C(C)(C)C)nc1N1CCOCC1. The van der Waals surface area contributed by atoms with Crippen LogP contribution in [0.4, 0.5) is 5.82 Å². The molecule has 25 heavy (non-hydrogen) atoms. The molecule has 1 aromatic heterocycles. The quantitative estimate of drug-likeness (QED) is 0.549. The molecule has 2 rings (SSSR count). The second kappa shape index (κ2) is 8.20. The van der Waals surface area contributed by atoms with Crippen LogP contribution in [0.25, 0.3) is 0 Å². The van der Waals surface area contributed by atoms with E-state index >= 15 is 0 Å². The number of rotatable bonds is 6. The number of hydrogen-bond donors (Lipinski definition) is 0. The second-order valence-electron chi connectivity index (χ2n) is 7.75. The first-order chi connectivity index (χ1) is 11.7. The lowest BCUT2D eigenvalue weighted by molar-refractivity contribution is 0.122. The Balaban J connectivity index is 2.12. The van der Waals surface area contributed by atoms with Crippen molar-refractivity contribution in [3.05, 3.63) is 11.0 Å². The third-order valence-corrected chi connectivity index (χ3v) is 9.76. The molecule has 0 amide bonds. The van der Waals surface area contributed by atoms with Crippen molar-refractivity contribution in [2.75, 3.05) is 44.9 Å². The third-order valence-electron chi connectivity index (χ3n) is 4.96. The molecular formula is C17H30ClN3O3Si. The Bertz CT molecular complexity index is 587. The topological polar surface area (TPSA) is 56.7 Å². The number of ether oxygens (including phenoxy) is 2. The lowest BCUT2D eigenvalue weighted by Crippen LogP contribution is -2.41. The van der Waals surface area contributed by atoms with Crippen molar-refractivity contribution in [2.45, 2.75) is 45.3 Å². The van der Waals surface area contributed by atoms with E-state index in [-0.39, 0.29) is 5.04 Å². The number of nitrogens with zero attached hydrogens (tertiary/aromatic N) is 3. The molecule has 0 spiro atoms. The molecular weight excluding hydrogens is 358 g/mol. The molecule has 8 heteroatoms. The van der Waals surface area contributed by atoms with Gasteiger partial charge >= 0.3 is 0 Å². The minimum Gasteiger partial charge on any atom is -0.490 e. The maximum absolute atomic E-state index is 6.33. The normalized spacial score (nSPS) is 16.2. The molecule has 1 saturated heterocycles. The Hall–Kier alpha value is -0.893. The van der Waals surface area contributed by atoms with E-state index in [4.69, 9.17) is 30.5 Å². The van der Waals surface area contributed by atoms with Crippen molar-refractivity contribution in [1.82, 2.24) is 9.97 Å². The average Bonchev–Trinajstić information content (AvgIpc) is 2.54. The minimum atomic E-state index is -1.78. The van der Waals surface area contributed by atoms with Gasteiger partial charge in [0.25, 0.3) is 0 Å². The second-order valence-corrected chi connectivity index (χ2v) is 12.9. The van der Waals surface area contributed by atoms with Crippen molar-refractivity contribution in [2.24, 2.45) is 0 Å². The molecule has 0 radical (unpaired) electrons. The van der Waals surface area contributed by atoms with Gasteiger partial charge in [-0.05, 0) is 18.1 Å². The molecule has 0 aliphatic carbocycles. The molecule has 1 aliphatic heterocycles. The van der Waals surface area contributed by atoms with Crippen molar-refractivity contribution < 1.29 is 13.9 Å². The highest BCUT2D eigenvalue weighted by molar-refractivity contribution is 6.74. The highest BCUT2D eigenvalue weighted by Crippen LogP contribution is 2.37. The lowest BCUT2D eigenvalue weighted by atomic mass is 10.2. The Morgan fingerprint density at radius 1 is 1.20 bits per heavy atom. The zero-order chi connectivity index (χ0) is 18.7. The van der Waals surface area contributed by atoms with Crippen LogP contribution in [0.2, 0.25) is 23.3 Å². The van der Waals surface area contributed by atoms with Gasteiger partial charge in [0.1, 0.15) is 5.82 Å². The summed E-state index contributed by atoms with van der Waals surface area (Å²) >= 11 is 6.33. The van der Waals surface area contributed by atoms with Crippen LogP contribution in [0.15, 0.2) is 0 Å². The van der Waals surface area contributed by atoms with Crippen LogP contribution in [-0.2, 0) is 15.6 Å². The summed E-state index contributed by atoms with van der Waals surface area (Å²) in [6.07, 6.45) is 0.633. The number of halogens is 1. The molecule has 0 atom stereocenters. The van der Waals surface area contributed by atoms with Crippen LogP contribution in [0, 0.1) is 0 Å². The fourth-order valence-corrected chi connectivity index (χ4v) is 3.65. The van der Waals surface area contributed by atoms with Gasteiger partial charge in [0.15, 0.2) is 25.0 Å². The van der Waals surface area contributed by atoms with Crippen LogP contribution in [0.1, 0.15) is 26.6 Å². The molecule has 0 N–H and O–H groups in total. The molecule has 6 nitrogen and oxygen atoms in total. The van der Waals surface area contributed by atoms with Gasteiger partial charge in [0.05, 0.1) is 20.3 Å². The predicted molar refractivity (Wildman–Crippen MR) is 103 cm³/mol. The summed E-state index contributed by atoms with van der Waals surface area (Å²) in [4.78, 5) is 11.2. The van der Waals surface area contributed by atoms with Crippen LogP contribution < -0.4 is 9.64 Å². The van der Waals surface area contributed by atoms with Crippen LogP contribution in [-0.4, -0.2) is 58.3 Å². The molecule has 0 aromatic carbocycles. The molecule has 0 unspecified atom stereocenters. The monoisotopic (exact) mass is 387 g/mol. The predicted octanol–water partition coefficient (Wildman–Crippen LogP) is 3.54. The highest BCUT2D eigenvalue weighted by atomic mass is 35.5. The summed E-state index contributed by atoms with van der Waals surface area (Å²) < 4.78 is 17.1. The van der Waals surface area contributed by atoms with Gasteiger partial charge in [-0.15, -0.1) is 0 Å². The molecule has 2 heterocycles. The molecule has 142 valence electrons. The van der Waals surface area contributed by atoms with E-state index in [0.29, 0.717) is 43.0 Å². The summed E-state index contributed by atoms with van der Waals surface area (Å²) in [5.74, 6) is 1.96. The fourth-order valence-electron chi connectivity index (χ4n) is 2.35. The van der Waals surface area contributed by atoms with Gasteiger partial charge in [0, 0.05) is 26.1 Å². The first-order valence-electron chi connectivity index (χ1n) is 8.73. The van der Waals surface area contributed by atoms with Crippen molar-refractivity contribution in [1.29, 1.82) is 0 Å². The number of methoxy groups -OCH3 is 1. The molecule has 0 bridgehead atoms. The van der Waals surface area contributed by atoms with E-state index in [1.807, 2.05) is 0 Å². The maximum atomic E-state index is 6.33. The summed E-state index contributed by atoms with van der Waals surface area (Å²) in [6.45, 7) is 14.7. The standard InChI is InChI=1S/C17H30ClN3O3Si/c1-17(2,3)25(5,6)24-10-7-13-19-15(18)14(22-4)16(20-13)21-8-11-23-12-9-21/h7-12H2,1-6H3. The lowest BCUT2D eigenvalue weighted by Gasteiger charge is -2.36. The summed E-state index contributed by atoms with van der Waals surface area (Å²) in [5, 5.41) is 0.533. The van der Waals surface area contributed by atoms with E-state index in [2.05, 4.69) is 43.7 Å². The van der Waals surface area contributed by atoms with Gasteiger partial charge in [-0.3, -0.25) is 0 Å². The molecule has 1 aliphatic rings. The van der Waals surface area contributed by atoms with Crippen LogP contribution in [0.5, 0.6) is 5.75 Å². The van der Waals surface area contributed by atoms with E-state index in [0.717, 1.165) is 18.9 Å². The van der Waals surface area contributed by atoms with E-state index in [1.54, 1.807) is 7.11 Å². The smallest absolute Gasteiger partial charge is 0.199 e. The number of morpholine rings is 1. The summed E-state index contributed by atoms with van der Waals surface area (Å²) in [6, 6.07) is 0. The molecule has 0 saturated carbocycles. The fraction of sp³-hybridized carbons (Fsp3) is 0.765. The van der Waals surface area contributed by atoms with Crippen molar-refractivity contribution in [3.63, 3.8) is 0 Å². The Labute approximate surface area is 157 Å². The minimum absolute atomic E-state index is 0.185. The van der Waals surface area contributed by atoms with Crippen LogP contribution >= 0.6 is 11.6 Å². The van der Waals surface area contributed by atoms with E-state index in [1.165, 1.54) is 0 Å². The number of anilines is 1. The number of aromatic nitrogens is 2. The van der Waals surface area contributed by atoms with Gasteiger partial charge in [-0.2, -0.15) is 0 Å². The Morgan fingerprint density at radius 3 is 2.40 bits per heavy atom. The average molecular weight is 388 g/mol. The summed E-state index contributed by atoms with van der Waals surface area (Å²) in [5.41, 5.74) is 0. The highest BCUT2D eigenvalue weighted by Gasteiger charge is 2.37. The molecule has 1 fully saturated rings. The molecule has 1 aromatic rings. The summed E-state index contributed by atoms with van der Waals surface area (Å²) in [7, 11) is -0.184. The zero-order valence-electron chi connectivity index (χ0n) is 16.2. The van der Waals surface area contributed by atoms with Gasteiger partial charge in [-0.25, -0.2) is 9.97 Å². The third kappa shape index (κ3) is 5.06. The van der Waals surface area contributed by atoms with Crippen LogP contribution in [0.3, 0.4) is 0 Å². The Morgan fingerprint density at radius 2 is 1.84 bits per heavy atom. The Kier molecular flexibility index (Phi) is 6.70. The van der Waals surface area contributed by atoms with E-state index < -0.39 is 8.32 Å². The first-order valence-corrected chi connectivity index (χ1v) is 12.0. The van der Waals surface area contributed by atoms with Gasteiger partial charge in [0.2, 0.25) is 0 Å². The van der Waals surface area contributed by atoms with Gasteiger partial charge in [-0.1, -0.05) is 32.4 Å². The maximum Gasteiger partial charge on any atom is 0.199 e. The first kappa shape index (κ1) is 20.4. The largest absolute Gasteiger partial charge is 0.490 e. The zero-order valence-corrected chi connectivity index (χ0v) is 17.9. The number of hydrogen-bond acceptors (Lipinski definition) is 6.